The van der Waals surface area contributed by atoms with Crippen LogP contribution in [0, 0.1) is 0 Å². The van der Waals surface area contributed by atoms with E-state index in [1.165, 1.54) is 6.20 Å². The molecule has 0 aliphatic carbocycles. The molecule has 0 spiro atoms. The van der Waals surface area contributed by atoms with Gasteiger partial charge in [-0.25, -0.2) is 0 Å². The molecule has 1 aromatic carbocycles. The molecule has 1 heterocycles. The highest BCUT2D eigenvalue weighted by molar-refractivity contribution is 5.93. The van der Waals surface area contributed by atoms with E-state index in [9.17, 15) is 9.90 Å². The third kappa shape index (κ3) is 2.20. The second-order valence-corrected chi connectivity index (χ2v) is 4.14. The van der Waals surface area contributed by atoms with Gasteiger partial charge in [0.1, 0.15) is 5.75 Å². The van der Waals surface area contributed by atoms with Gasteiger partial charge in [-0.15, -0.1) is 0 Å². The van der Waals surface area contributed by atoms with Gasteiger partial charge in [0.05, 0.1) is 17.8 Å². The minimum absolute atomic E-state index is 0.139. The number of H-pyrrole nitrogens is 1. The Morgan fingerprint density at radius 2 is 2.17 bits per heavy atom. The Labute approximate surface area is 105 Å². The molecule has 1 unspecified atom stereocenters. The van der Waals surface area contributed by atoms with Crippen LogP contribution in [0.1, 0.15) is 28.9 Å². The molecule has 1 atom stereocenters. The number of para-hydroxylation sites is 1. The number of aromatic amines is 1. The van der Waals surface area contributed by atoms with Crippen LogP contribution < -0.4 is 0 Å². The lowest BCUT2D eigenvalue weighted by molar-refractivity contribution is 0.0741. The fourth-order valence-electron chi connectivity index (χ4n) is 1.80. The number of hydrogen-bond acceptors (Lipinski definition) is 3. The molecular formula is C13H15N3O2. The van der Waals surface area contributed by atoms with Crippen LogP contribution in [0.15, 0.2) is 36.7 Å². The maximum atomic E-state index is 12.1. The quantitative estimate of drug-likeness (QED) is 0.868. The van der Waals surface area contributed by atoms with E-state index in [0.29, 0.717) is 5.56 Å². The average Bonchev–Trinajstić information content (AvgIpc) is 2.90. The molecule has 0 saturated heterocycles. The Balaban J connectivity index is 2.22. The molecule has 0 radical (unpaired) electrons. The highest BCUT2D eigenvalue weighted by Crippen LogP contribution is 2.27. The molecule has 1 amide bonds. The molecule has 0 aliphatic rings. The minimum Gasteiger partial charge on any atom is -0.508 e. The zero-order valence-corrected chi connectivity index (χ0v) is 10.3. The number of phenolic OH excluding ortho intramolecular Hbond substituents is 1. The lowest BCUT2D eigenvalue weighted by atomic mass is 10.1. The zero-order chi connectivity index (χ0) is 13.1. The van der Waals surface area contributed by atoms with E-state index in [4.69, 9.17) is 0 Å². The van der Waals surface area contributed by atoms with Crippen LogP contribution in [0.4, 0.5) is 0 Å². The Kier molecular flexibility index (Phi) is 3.32. The second kappa shape index (κ2) is 4.91. The molecule has 1 aromatic heterocycles. The lowest BCUT2D eigenvalue weighted by Gasteiger charge is -2.25. The van der Waals surface area contributed by atoms with E-state index in [-0.39, 0.29) is 17.7 Å². The fraction of sp³-hybridized carbons (Fsp3) is 0.231. The third-order valence-corrected chi connectivity index (χ3v) is 3.03. The van der Waals surface area contributed by atoms with Crippen molar-refractivity contribution in [3.63, 3.8) is 0 Å². The fourth-order valence-corrected chi connectivity index (χ4v) is 1.80. The van der Waals surface area contributed by atoms with Gasteiger partial charge in [-0.05, 0) is 13.0 Å². The van der Waals surface area contributed by atoms with E-state index >= 15 is 0 Å². The van der Waals surface area contributed by atoms with Gasteiger partial charge in [-0.1, -0.05) is 18.2 Å². The lowest BCUT2D eigenvalue weighted by Crippen LogP contribution is -2.29. The van der Waals surface area contributed by atoms with E-state index in [1.807, 2.05) is 13.0 Å². The van der Waals surface area contributed by atoms with Crippen molar-refractivity contribution in [2.24, 2.45) is 0 Å². The van der Waals surface area contributed by atoms with Crippen molar-refractivity contribution < 1.29 is 9.90 Å². The van der Waals surface area contributed by atoms with Gasteiger partial charge in [-0.3, -0.25) is 9.89 Å². The van der Waals surface area contributed by atoms with Crippen LogP contribution in [0.3, 0.4) is 0 Å². The third-order valence-electron chi connectivity index (χ3n) is 3.03. The topological polar surface area (TPSA) is 69.2 Å². The monoisotopic (exact) mass is 245 g/mol. The molecule has 0 bridgehead atoms. The summed E-state index contributed by atoms with van der Waals surface area (Å²) in [6.07, 6.45) is 3.03. The number of aromatic nitrogens is 2. The van der Waals surface area contributed by atoms with Crippen LogP contribution in [0.2, 0.25) is 0 Å². The van der Waals surface area contributed by atoms with Crippen molar-refractivity contribution >= 4 is 5.91 Å². The van der Waals surface area contributed by atoms with Gasteiger partial charge in [-0.2, -0.15) is 5.10 Å². The Bertz CT molecular complexity index is 537. The smallest absolute Gasteiger partial charge is 0.257 e. The van der Waals surface area contributed by atoms with Crippen LogP contribution in [-0.2, 0) is 0 Å². The minimum atomic E-state index is -0.214. The first-order valence-electron chi connectivity index (χ1n) is 5.65. The van der Waals surface area contributed by atoms with Crippen molar-refractivity contribution in [1.82, 2.24) is 15.1 Å². The maximum Gasteiger partial charge on any atom is 0.257 e. The highest BCUT2D eigenvalue weighted by atomic mass is 16.3. The normalized spacial score (nSPS) is 12.1. The van der Waals surface area contributed by atoms with Gasteiger partial charge in [0.2, 0.25) is 0 Å². The molecule has 2 N–H and O–H groups in total. The van der Waals surface area contributed by atoms with Crippen molar-refractivity contribution in [3.8, 4) is 5.75 Å². The molecule has 0 aliphatic heterocycles. The van der Waals surface area contributed by atoms with Gasteiger partial charge in [0.15, 0.2) is 0 Å². The van der Waals surface area contributed by atoms with Gasteiger partial charge < -0.3 is 10.0 Å². The van der Waals surface area contributed by atoms with Crippen molar-refractivity contribution in [3.05, 3.63) is 47.8 Å². The first kappa shape index (κ1) is 12.2. The van der Waals surface area contributed by atoms with Gasteiger partial charge >= 0.3 is 0 Å². The first-order valence-corrected chi connectivity index (χ1v) is 5.65. The van der Waals surface area contributed by atoms with E-state index in [2.05, 4.69) is 10.2 Å². The standard InChI is InChI=1S/C13H15N3O2/c1-9(11-5-3-4-6-12(11)17)16(2)13(18)10-7-14-15-8-10/h3-9,17H,1-2H3,(H,14,15). The summed E-state index contributed by atoms with van der Waals surface area (Å²) in [5.74, 6) is 0.0522. The van der Waals surface area contributed by atoms with Crippen molar-refractivity contribution in [2.45, 2.75) is 13.0 Å². The summed E-state index contributed by atoms with van der Waals surface area (Å²) in [6, 6.07) is 6.79. The summed E-state index contributed by atoms with van der Waals surface area (Å²) in [7, 11) is 1.70. The number of nitrogens with zero attached hydrogens (tertiary/aromatic N) is 2. The number of rotatable bonds is 3. The van der Waals surface area contributed by atoms with Crippen LogP contribution >= 0.6 is 0 Å². The molecular weight excluding hydrogens is 230 g/mol. The maximum absolute atomic E-state index is 12.1. The van der Waals surface area contributed by atoms with Gasteiger partial charge in [0, 0.05) is 18.8 Å². The summed E-state index contributed by atoms with van der Waals surface area (Å²) in [5, 5.41) is 16.1. The van der Waals surface area contributed by atoms with Crippen LogP contribution in [0.5, 0.6) is 5.75 Å². The number of carbonyl (C=O) groups excluding carboxylic acids is 1. The summed E-state index contributed by atoms with van der Waals surface area (Å²) >= 11 is 0. The first-order chi connectivity index (χ1) is 8.61. The number of benzene rings is 1. The van der Waals surface area contributed by atoms with Crippen LogP contribution in [-0.4, -0.2) is 33.2 Å². The van der Waals surface area contributed by atoms with E-state index in [0.717, 1.165) is 5.56 Å². The second-order valence-electron chi connectivity index (χ2n) is 4.14. The average molecular weight is 245 g/mol. The zero-order valence-electron chi connectivity index (χ0n) is 10.3. The number of nitrogens with one attached hydrogen (secondary N) is 1. The molecule has 94 valence electrons. The summed E-state index contributed by atoms with van der Waals surface area (Å²) < 4.78 is 0. The highest BCUT2D eigenvalue weighted by Gasteiger charge is 2.21. The number of hydrogen-bond donors (Lipinski definition) is 2. The SMILES string of the molecule is CC(c1ccccc1O)N(C)C(=O)c1cn[nH]c1. The van der Waals surface area contributed by atoms with E-state index in [1.54, 1.807) is 36.3 Å². The predicted molar refractivity (Wildman–Crippen MR) is 67.2 cm³/mol. The molecule has 5 heteroatoms. The van der Waals surface area contributed by atoms with Crippen LogP contribution in [0.25, 0.3) is 0 Å². The Morgan fingerprint density at radius 3 is 2.78 bits per heavy atom. The molecule has 0 saturated carbocycles. The number of amides is 1. The predicted octanol–water partition coefficient (Wildman–Crippen LogP) is 1.95. The Hall–Kier alpha value is -2.30. The van der Waals surface area contributed by atoms with Crippen molar-refractivity contribution in [1.29, 1.82) is 0 Å². The summed E-state index contributed by atoms with van der Waals surface area (Å²) in [5.41, 5.74) is 1.22. The molecule has 2 aromatic rings. The van der Waals surface area contributed by atoms with Gasteiger partial charge in [0.25, 0.3) is 5.91 Å². The summed E-state index contributed by atoms with van der Waals surface area (Å²) in [6.45, 7) is 1.87. The largest absolute Gasteiger partial charge is 0.508 e. The number of aromatic hydroxyl groups is 1. The molecule has 18 heavy (non-hydrogen) atoms. The number of phenols is 1. The molecule has 2 rings (SSSR count). The summed E-state index contributed by atoms with van der Waals surface area (Å²) in [4.78, 5) is 13.7. The number of carbonyl (C=O) groups is 1. The molecule has 0 fully saturated rings. The Morgan fingerprint density at radius 1 is 1.44 bits per heavy atom. The van der Waals surface area contributed by atoms with E-state index < -0.39 is 0 Å². The van der Waals surface area contributed by atoms with Crippen molar-refractivity contribution in [2.75, 3.05) is 7.05 Å². The molecule has 5 nitrogen and oxygen atoms in total.